The molecule has 3 heteroatoms. The molecule has 1 aromatic carbocycles. The van der Waals surface area contributed by atoms with Gasteiger partial charge in [-0.05, 0) is 11.6 Å². The van der Waals surface area contributed by atoms with Gasteiger partial charge in [-0.25, -0.2) is 9.18 Å². The third kappa shape index (κ3) is 4.09. The third-order valence-electron chi connectivity index (χ3n) is 1.83. The van der Waals surface area contributed by atoms with Gasteiger partial charge in [0.2, 0.25) is 6.17 Å². The zero-order valence-corrected chi connectivity index (χ0v) is 8.80. The number of esters is 1. The third-order valence-corrected chi connectivity index (χ3v) is 1.83. The van der Waals surface area contributed by atoms with E-state index in [0.29, 0.717) is 0 Å². The molecule has 0 saturated carbocycles. The normalized spacial score (nSPS) is 12.3. The van der Waals surface area contributed by atoms with Crippen LogP contribution in [0.2, 0.25) is 0 Å². The van der Waals surface area contributed by atoms with Gasteiger partial charge in [0.25, 0.3) is 0 Å². The van der Waals surface area contributed by atoms with Crippen molar-refractivity contribution >= 4 is 12.0 Å². The van der Waals surface area contributed by atoms with Crippen LogP contribution in [0.15, 0.2) is 49.1 Å². The summed E-state index contributed by atoms with van der Waals surface area (Å²) < 4.78 is 17.8. The van der Waals surface area contributed by atoms with Gasteiger partial charge in [0, 0.05) is 0 Å². The summed E-state index contributed by atoms with van der Waals surface area (Å²) in [5.41, 5.74) is 0.835. The summed E-state index contributed by atoms with van der Waals surface area (Å²) >= 11 is 0. The van der Waals surface area contributed by atoms with Crippen molar-refractivity contribution in [3.05, 3.63) is 54.6 Å². The van der Waals surface area contributed by atoms with Crippen LogP contribution in [0.25, 0.3) is 6.08 Å². The Hall–Kier alpha value is -1.90. The molecule has 0 amide bonds. The van der Waals surface area contributed by atoms with E-state index in [1.54, 1.807) is 6.08 Å². The Morgan fingerprint density at radius 3 is 2.75 bits per heavy atom. The number of carbonyl (C=O) groups is 1. The maximum Gasteiger partial charge on any atom is 0.345 e. The molecule has 2 nitrogen and oxygen atoms in total. The summed E-state index contributed by atoms with van der Waals surface area (Å²) in [5.74, 6) is -0.896. The molecule has 84 valence electrons. The van der Waals surface area contributed by atoms with Gasteiger partial charge < -0.3 is 4.74 Å². The van der Waals surface area contributed by atoms with Crippen molar-refractivity contribution in [3.63, 3.8) is 0 Å². The quantitative estimate of drug-likeness (QED) is 0.563. The molecule has 0 aliphatic rings. The molecular weight excluding hydrogens is 207 g/mol. The van der Waals surface area contributed by atoms with Gasteiger partial charge in [0.05, 0.1) is 0 Å². The lowest BCUT2D eigenvalue weighted by Gasteiger charge is -2.02. The van der Waals surface area contributed by atoms with Crippen molar-refractivity contribution in [1.29, 1.82) is 0 Å². The number of benzene rings is 1. The van der Waals surface area contributed by atoms with Crippen molar-refractivity contribution in [1.82, 2.24) is 0 Å². The molecule has 0 aliphatic heterocycles. The first-order valence-electron chi connectivity index (χ1n) is 4.89. The van der Waals surface area contributed by atoms with Crippen LogP contribution in [0, 0.1) is 0 Å². The van der Waals surface area contributed by atoms with Crippen molar-refractivity contribution < 1.29 is 13.9 Å². The van der Waals surface area contributed by atoms with E-state index in [2.05, 4.69) is 11.3 Å². The van der Waals surface area contributed by atoms with Gasteiger partial charge in [-0.1, -0.05) is 49.1 Å². The molecule has 16 heavy (non-hydrogen) atoms. The van der Waals surface area contributed by atoms with E-state index >= 15 is 0 Å². The highest BCUT2D eigenvalue weighted by Crippen LogP contribution is 2.05. The minimum absolute atomic E-state index is 0.0262. The van der Waals surface area contributed by atoms with Crippen molar-refractivity contribution in [2.75, 3.05) is 6.61 Å². The molecule has 0 bridgehead atoms. The second-order valence-electron chi connectivity index (χ2n) is 3.09. The molecule has 1 aromatic rings. The smallest absolute Gasteiger partial charge is 0.345 e. The fourth-order valence-corrected chi connectivity index (χ4v) is 1.06. The first-order valence-corrected chi connectivity index (χ1v) is 4.89. The molecule has 0 heterocycles. The van der Waals surface area contributed by atoms with Crippen molar-refractivity contribution in [2.45, 2.75) is 6.17 Å². The molecule has 0 aromatic heterocycles. The SMILES string of the molecule is C=CCOC(=O)[C@H](F)/C=C/c1ccccc1. The largest absolute Gasteiger partial charge is 0.459 e. The van der Waals surface area contributed by atoms with Gasteiger partial charge >= 0.3 is 5.97 Å². The fourth-order valence-electron chi connectivity index (χ4n) is 1.06. The van der Waals surface area contributed by atoms with Crippen LogP contribution in [-0.2, 0) is 9.53 Å². The second kappa shape index (κ2) is 6.56. The molecule has 1 rings (SSSR count). The fraction of sp³-hybridized carbons (Fsp3) is 0.154. The molecule has 0 aliphatic carbocycles. The van der Waals surface area contributed by atoms with Crippen LogP contribution < -0.4 is 0 Å². The standard InChI is InChI=1S/C13H13FO2/c1-2-10-16-13(15)12(14)9-8-11-6-4-3-5-7-11/h2-9,12H,1,10H2/b9-8+/t12-/m1/s1. The first-order chi connectivity index (χ1) is 7.74. The molecule has 0 saturated heterocycles. The topological polar surface area (TPSA) is 26.3 Å². The maximum atomic E-state index is 13.2. The highest BCUT2D eigenvalue weighted by Gasteiger charge is 2.14. The number of rotatable bonds is 5. The zero-order chi connectivity index (χ0) is 11.8. The van der Waals surface area contributed by atoms with Crippen LogP contribution in [0.3, 0.4) is 0 Å². The Bertz CT molecular complexity index is 371. The highest BCUT2D eigenvalue weighted by atomic mass is 19.1. The lowest BCUT2D eigenvalue weighted by Crippen LogP contribution is -2.16. The lowest BCUT2D eigenvalue weighted by atomic mass is 10.2. The van der Waals surface area contributed by atoms with Crippen LogP contribution >= 0.6 is 0 Å². The van der Waals surface area contributed by atoms with Gasteiger partial charge in [0.1, 0.15) is 6.61 Å². The number of halogens is 1. The van der Waals surface area contributed by atoms with Crippen molar-refractivity contribution in [2.24, 2.45) is 0 Å². The number of hydrogen-bond acceptors (Lipinski definition) is 2. The summed E-state index contributed by atoms with van der Waals surface area (Å²) in [4.78, 5) is 11.0. The lowest BCUT2D eigenvalue weighted by molar-refractivity contribution is -0.146. The highest BCUT2D eigenvalue weighted by molar-refractivity contribution is 5.78. The molecule has 0 fully saturated rings. The van der Waals surface area contributed by atoms with Crippen LogP contribution in [0.1, 0.15) is 5.56 Å². The minimum Gasteiger partial charge on any atom is -0.459 e. The molecule has 0 spiro atoms. The number of hydrogen-bond donors (Lipinski definition) is 0. The number of alkyl halides is 1. The Morgan fingerprint density at radius 2 is 2.12 bits per heavy atom. The molecule has 1 atom stereocenters. The molecule has 0 unspecified atom stereocenters. The Labute approximate surface area is 94.0 Å². The van der Waals surface area contributed by atoms with E-state index in [0.717, 1.165) is 5.56 Å². The van der Waals surface area contributed by atoms with E-state index < -0.39 is 12.1 Å². The van der Waals surface area contributed by atoms with E-state index in [-0.39, 0.29) is 6.61 Å². The summed E-state index contributed by atoms with van der Waals surface area (Å²) in [6.45, 7) is 3.39. The Balaban J connectivity index is 2.50. The van der Waals surface area contributed by atoms with E-state index in [1.165, 1.54) is 12.2 Å². The van der Waals surface area contributed by atoms with Gasteiger partial charge in [-0.15, -0.1) is 0 Å². The van der Waals surface area contributed by atoms with E-state index in [4.69, 9.17) is 0 Å². The summed E-state index contributed by atoms with van der Waals surface area (Å²) in [7, 11) is 0. The average molecular weight is 220 g/mol. The maximum absolute atomic E-state index is 13.2. The minimum atomic E-state index is -1.74. The zero-order valence-electron chi connectivity index (χ0n) is 8.80. The van der Waals surface area contributed by atoms with Crippen molar-refractivity contribution in [3.8, 4) is 0 Å². The second-order valence-corrected chi connectivity index (χ2v) is 3.09. The van der Waals surface area contributed by atoms with E-state index in [9.17, 15) is 9.18 Å². The number of ether oxygens (including phenoxy) is 1. The number of carbonyl (C=O) groups excluding carboxylic acids is 1. The van der Waals surface area contributed by atoms with Crippen LogP contribution in [0.5, 0.6) is 0 Å². The molecule has 0 N–H and O–H groups in total. The Kier molecular flexibility index (Phi) is 4.99. The molecule has 0 radical (unpaired) electrons. The summed E-state index contributed by atoms with van der Waals surface area (Å²) in [5, 5.41) is 0. The average Bonchev–Trinajstić information content (AvgIpc) is 2.34. The van der Waals surface area contributed by atoms with Crippen LogP contribution in [-0.4, -0.2) is 18.7 Å². The van der Waals surface area contributed by atoms with E-state index in [1.807, 2.05) is 30.3 Å². The Morgan fingerprint density at radius 1 is 1.44 bits per heavy atom. The predicted molar refractivity (Wildman–Crippen MR) is 61.5 cm³/mol. The monoisotopic (exact) mass is 220 g/mol. The first kappa shape index (κ1) is 12.2. The molecular formula is C13H13FO2. The van der Waals surface area contributed by atoms with Crippen LogP contribution in [0.4, 0.5) is 4.39 Å². The van der Waals surface area contributed by atoms with Gasteiger partial charge in [0.15, 0.2) is 0 Å². The predicted octanol–water partition coefficient (Wildman–Crippen LogP) is 2.77. The van der Waals surface area contributed by atoms with Gasteiger partial charge in [-0.2, -0.15) is 0 Å². The summed E-state index contributed by atoms with van der Waals surface area (Å²) in [6.07, 6.45) is 2.37. The summed E-state index contributed by atoms with van der Waals surface area (Å²) in [6, 6.07) is 9.17. The van der Waals surface area contributed by atoms with Gasteiger partial charge in [-0.3, -0.25) is 0 Å².